The van der Waals surface area contributed by atoms with Crippen molar-refractivity contribution in [3.8, 4) is 22.8 Å². The Morgan fingerprint density at radius 3 is 2.39 bits per heavy atom. The summed E-state index contributed by atoms with van der Waals surface area (Å²) in [5.74, 6) is 1.25. The zero-order valence-electron chi connectivity index (χ0n) is 15.3. The normalized spacial score (nSPS) is 10.4. The molecule has 1 aromatic heterocycles. The van der Waals surface area contributed by atoms with Crippen molar-refractivity contribution in [3.63, 3.8) is 0 Å². The molecule has 3 rings (SSSR count). The number of carbonyl (C=O) groups is 1. The van der Waals surface area contributed by atoms with Gasteiger partial charge in [0.25, 0.3) is 0 Å². The monoisotopic (exact) mass is 459 g/mol. The van der Waals surface area contributed by atoms with E-state index in [9.17, 15) is 4.79 Å². The van der Waals surface area contributed by atoms with E-state index in [1.54, 1.807) is 32.4 Å². The molecule has 8 heteroatoms. The van der Waals surface area contributed by atoms with E-state index in [4.69, 9.17) is 9.47 Å². The lowest BCUT2D eigenvalue weighted by Gasteiger charge is -2.10. The van der Waals surface area contributed by atoms with Crippen LogP contribution in [0.1, 0.15) is 0 Å². The Hall–Kier alpha value is -2.58. The van der Waals surface area contributed by atoms with E-state index in [0.717, 1.165) is 15.7 Å². The van der Waals surface area contributed by atoms with Crippen LogP contribution in [0.25, 0.3) is 11.3 Å². The van der Waals surface area contributed by atoms with Gasteiger partial charge in [0.05, 0.1) is 25.7 Å². The molecule has 0 aliphatic heterocycles. The van der Waals surface area contributed by atoms with E-state index in [2.05, 4.69) is 31.4 Å². The van der Waals surface area contributed by atoms with E-state index in [1.165, 1.54) is 11.8 Å². The van der Waals surface area contributed by atoms with Crippen molar-refractivity contribution in [1.29, 1.82) is 0 Å². The number of nitrogens with one attached hydrogen (secondary N) is 1. The van der Waals surface area contributed by atoms with Crippen molar-refractivity contribution in [2.45, 2.75) is 5.03 Å². The molecule has 1 heterocycles. The van der Waals surface area contributed by atoms with Crippen molar-refractivity contribution in [3.05, 3.63) is 59.1 Å². The molecule has 3 aromatic rings. The molecule has 1 amide bonds. The van der Waals surface area contributed by atoms with Gasteiger partial charge in [-0.15, -0.1) is 10.2 Å². The Morgan fingerprint density at radius 2 is 1.75 bits per heavy atom. The maximum absolute atomic E-state index is 12.2. The molecule has 6 nitrogen and oxygen atoms in total. The van der Waals surface area contributed by atoms with Crippen LogP contribution >= 0.6 is 27.7 Å². The smallest absolute Gasteiger partial charge is 0.234 e. The number of methoxy groups -OCH3 is 2. The second kappa shape index (κ2) is 9.57. The average molecular weight is 460 g/mol. The minimum atomic E-state index is -0.143. The first-order valence-electron chi connectivity index (χ1n) is 8.33. The summed E-state index contributed by atoms with van der Waals surface area (Å²) in [5.41, 5.74) is 2.41. The summed E-state index contributed by atoms with van der Waals surface area (Å²) in [5, 5.41) is 11.9. The van der Waals surface area contributed by atoms with Gasteiger partial charge in [-0.05, 0) is 36.4 Å². The Morgan fingerprint density at radius 1 is 1.00 bits per heavy atom. The van der Waals surface area contributed by atoms with Gasteiger partial charge in [0.15, 0.2) is 11.5 Å². The van der Waals surface area contributed by atoms with Crippen molar-refractivity contribution in [2.24, 2.45) is 0 Å². The van der Waals surface area contributed by atoms with E-state index in [1.807, 2.05) is 36.4 Å². The lowest BCUT2D eigenvalue weighted by Crippen LogP contribution is -2.14. The third-order valence-electron chi connectivity index (χ3n) is 3.80. The first kappa shape index (κ1) is 20.2. The number of hydrogen-bond donors (Lipinski definition) is 1. The molecule has 144 valence electrons. The number of benzene rings is 2. The number of ether oxygens (including phenoxy) is 2. The van der Waals surface area contributed by atoms with Gasteiger partial charge in [-0.1, -0.05) is 39.8 Å². The van der Waals surface area contributed by atoms with E-state index >= 15 is 0 Å². The molecule has 2 aromatic carbocycles. The summed E-state index contributed by atoms with van der Waals surface area (Å²) < 4.78 is 11.4. The molecular formula is C20H18BrN3O3S. The molecule has 0 aliphatic rings. The highest BCUT2D eigenvalue weighted by Gasteiger charge is 2.09. The van der Waals surface area contributed by atoms with E-state index in [-0.39, 0.29) is 11.7 Å². The summed E-state index contributed by atoms with van der Waals surface area (Å²) in [7, 11) is 3.12. The molecule has 0 fully saturated rings. The molecule has 28 heavy (non-hydrogen) atoms. The second-order valence-corrected chi connectivity index (χ2v) is 7.58. The third kappa shape index (κ3) is 5.24. The zero-order valence-corrected chi connectivity index (χ0v) is 17.7. The number of carbonyl (C=O) groups excluding carboxylic acids is 1. The summed E-state index contributed by atoms with van der Waals surface area (Å²) in [6.45, 7) is 0. The van der Waals surface area contributed by atoms with Gasteiger partial charge in [-0.3, -0.25) is 4.79 Å². The zero-order chi connectivity index (χ0) is 19.9. The third-order valence-corrected chi connectivity index (χ3v) is 5.25. The molecule has 0 saturated carbocycles. The van der Waals surface area contributed by atoms with Gasteiger partial charge in [0.2, 0.25) is 5.91 Å². The minimum absolute atomic E-state index is 0.143. The first-order chi connectivity index (χ1) is 13.6. The fourth-order valence-corrected chi connectivity index (χ4v) is 3.30. The average Bonchev–Trinajstić information content (AvgIpc) is 2.73. The molecule has 0 aliphatic carbocycles. The van der Waals surface area contributed by atoms with Gasteiger partial charge in [-0.2, -0.15) is 0 Å². The quantitative estimate of drug-likeness (QED) is 0.518. The topological polar surface area (TPSA) is 73.3 Å². The summed E-state index contributed by atoms with van der Waals surface area (Å²) in [6, 6.07) is 16.8. The van der Waals surface area contributed by atoms with Crippen LogP contribution < -0.4 is 14.8 Å². The lowest BCUT2D eigenvalue weighted by molar-refractivity contribution is -0.113. The fraction of sp³-hybridized carbons (Fsp3) is 0.150. The molecule has 1 N–H and O–H groups in total. The highest BCUT2D eigenvalue weighted by Crippen LogP contribution is 2.30. The lowest BCUT2D eigenvalue weighted by atomic mass is 10.1. The molecule has 0 unspecified atom stereocenters. The van der Waals surface area contributed by atoms with Crippen molar-refractivity contribution >= 4 is 39.3 Å². The fourth-order valence-electron chi connectivity index (χ4n) is 2.42. The predicted octanol–water partition coefficient (Wildman–Crippen LogP) is 4.65. The maximum atomic E-state index is 12.2. The summed E-state index contributed by atoms with van der Waals surface area (Å²) in [4.78, 5) is 12.2. The molecular weight excluding hydrogens is 442 g/mol. The highest BCUT2D eigenvalue weighted by atomic mass is 79.9. The number of halogens is 1. The molecule has 0 atom stereocenters. The second-order valence-electron chi connectivity index (χ2n) is 5.67. The standard InChI is InChI=1S/C20H18BrN3O3S/c1-26-17-9-7-15(11-18(17)27-2)22-19(25)12-28-20-10-8-16(23-24-20)13-3-5-14(21)6-4-13/h3-11H,12H2,1-2H3,(H,22,25). The van der Waals surface area contributed by atoms with E-state index in [0.29, 0.717) is 22.2 Å². The van der Waals surface area contributed by atoms with Crippen LogP contribution in [0.2, 0.25) is 0 Å². The predicted molar refractivity (Wildman–Crippen MR) is 114 cm³/mol. The Bertz CT molecular complexity index is 950. The Kier molecular flexibility index (Phi) is 6.89. The van der Waals surface area contributed by atoms with Crippen LogP contribution in [0.4, 0.5) is 5.69 Å². The van der Waals surface area contributed by atoms with Crippen LogP contribution in [-0.4, -0.2) is 36.1 Å². The van der Waals surface area contributed by atoms with E-state index < -0.39 is 0 Å². The van der Waals surface area contributed by atoms with Crippen LogP contribution in [0.15, 0.2) is 64.1 Å². The van der Waals surface area contributed by atoms with Crippen LogP contribution in [0.5, 0.6) is 11.5 Å². The van der Waals surface area contributed by atoms with Gasteiger partial charge in [0, 0.05) is 21.8 Å². The van der Waals surface area contributed by atoms with Crippen LogP contribution in [0.3, 0.4) is 0 Å². The van der Waals surface area contributed by atoms with Crippen molar-refractivity contribution in [2.75, 3.05) is 25.3 Å². The number of hydrogen-bond acceptors (Lipinski definition) is 6. The number of anilines is 1. The Labute approximate surface area is 175 Å². The summed E-state index contributed by atoms with van der Waals surface area (Å²) in [6.07, 6.45) is 0. The number of aromatic nitrogens is 2. The summed E-state index contributed by atoms with van der Waals surface area (Å²) >= 11 is 4.73. The number of rotatable bonds is 7. The minimum Gasteiger partial charge on any atom is -0.493 e. The van der Waals surface area contributed by atoms with Crippen molar-refractivity contribution in [1.82, 2.24) is 10.2 Å². The number of nitrogens with zero attached hydrogens (tertiary/aromatic N) is 2. The van der Waals surface area contributed by atoms with Crippen LogP contribution in [-0.2, 0) is 4.79 Å². The van der Waals surface area contributed by atoms with Crippen LogP contribution in [0, 0.1) is 0 Å². The SMILES string of the molecule is COc1ccc(NC(=O)CSc2ccc(-c3ccc(Br)cc3)nn2)cc1OC. The van der Waals surface area contributed by atoms with Gasteiger partial charge >= 0.3 is 0 Å². The molecule has 0 bridgehead atoms. The Balaban J connectivity index is 1.56. The molecule has 0 radical (unpaired) electrons. The largest absolute Gasteiger partial charge is 0.493 e. The number of amides is 1. The molecule has 0 saturated heterocycles. The molecule has 0 spiro atoms. The van der Waals surface area contributed by atoms with Gasteiger partial charge < -0.3 is 14.8 Å². The number of thioether (sulfide) groups is 1. The van der Waals surface area contributed by atoms with Gasteiger partial charge in [-0.25, -0.2) is 0 Å². The maximum Gasteiger partial charge on any atom is 0.234 e. The van der Waals surface area contributed by atoms with Gasteiger partial charge in [0.1, 0.15) is 5.03 Å². The van der Waals surface area contributed by atoms with Crippen molar-refractivity contribution < 1.29 is 14.3 Å². The first-order valence-corrected chi connectivity index (χ1v) is 10.1. The highest BCUT2D eigenvalue weighted by molar-refractivity contribution is 9.10.